The van der Waals surface area contributed by atoms with E-state index in [1.165, 1.54) is 38.0 Å². The number of aromatic nitrogens is 2. The molecule has 0 radical (unpaired) electrons. The highest BCUT2D eigenvalue weighted by atomic mass is 35.5. The van der Waals surface area contributed by atoms with Gasteiger partial charge in [0.15, 0.2) is 0 Å². The number of hydrogen-bond donors (Lipinski definition) is 1. The van der Waals surface area contributed by atoms with E-state index in [4.69, 9.17) is 0 Å². The minimum absolute atomic E-state index is 0. The van der Waals surface area contributed by atoms with Crippen molar-refractivity contribution in [1.29, 1.82) is 0 Å². The number of fused-ring (bicyclic) bond motifs is 2. The third-order valence-corrected chi connectivity index (χ3v) is 3.92. The zero-order valence-corrected chi connectivity index (χ0v) is 11.1. The molecule has 2 atom stereocenters. The Balaban J connectivity index is 0.00000108. The standard InChI is InChI=1S/C12H20N4.ClH/c1-15-12(4-6-13-15)9-16-7-5-10-2-3-11(8-16)14-10;/h4,6,10-11,14H,2-3,5,7-9H2,1H3;1H. The molecule has 17 heavy (non-hydrogen) atoms. The van der Waals surface area contributed by atoms with Crippen LogP contribution in [0.25, 0.3) is 0 Å². The fourth-order valence-corrected chi connectivity index (χ4v) is 2.94. The molecule has 2 fully saturated rings. The molecule has 0 aliphatic carbocycles. The zero-order chi connectivity index (χ0) is 11.0. The van der Waals surface area contributed by atoms with Gasteiger partial charge in [-0.25, -0.2) is 0 Å². The van der Waals surface area contributed by atoms with Crippen molar-refractivity contribution in [1.82, 2.24) is 20.0 Å². The Bertz CT molecular complexity index is 365. The van der Waals surface area contributed by atoms with Crippen LogP contribution in [0.3, 0.4) is 0 Å². The van der Waals surface area contributed by atoms with Gasteiger partial charge in [-0.3, -0.25) is 9.58 Å². The van der Waals surface area contributed by atoms with E-state index in [0.717, 1.165) is 18.6 Å². The van der Waals surface area contributed by atoms with Gasteiger partial charge in [0.25, 0.3) is 0 Å². The summed E-state index contributed by atoms with van der Waals surface area (Å²) in [5, 5.41) is 7.94. The molecule has 0 aromatic carbocycles. The van der Waals surface area contributed by atoms with E-state index >= 15 is 0 Å². The predicted octanol–water partition coefficient (Wildman–Crippen LogP) is 1.17. The third-order valence-electron chi connectivity index (χ3n) is 3.92. The highest BCUT2D eigenvalue weighted by molar-refractivity contribution is 5.85. The van der Waals surface area contributed by atoms with E-state index in [1.807, 2.05) is 17.9 Å². The highest BCUT2D eigenvalue weighted by Gasteiger charge is 2.29. The first-order chi connectivity index (χ1) is 7.81. The normalized spacial score (nSPS) is 28.8. The van der Waals surface area contributed by atoms with Crippen molar-refractivity contribution in [3.63, 3.8) is 0 Å². The maximum absolute atomic E-state index is 4.23. The third kappa shape index (κ3) is 2.81. The van der Waals surface area contributed by atoms with Crippen molar-refractivity contribution < 1.29 is 0 Å². The molecule has 0 spiro atoms. The highest BCUT2D eigenvalue weighted by Crippen LogP contribution is 2.21. The molecule has 4 nitrogen and oxygen atoms in total. The van der Waals surface area contributed by atoms with Gasteiger partial charge in [-0.05, 0) is 25.3 Å². The Hall–Kier alpha value is -0.580. The summed E-state index contributed by atoms with van der Waals surface area (Å²) in [7, 11) is 2.03. The van der Waals surface area contributed by atoms with E-state index in [0.29, 0.717) is 0 Å². The molecule has 1 N–H and O–H groups in total. The van der Waals surface area contributed by atoms with Gasteiger partial charge in [0.2, 0.25) is 0 Å². The van der Waals surface area contributed by atoms with Gasteiger partial charge in [-0.15, -0.1) is 12.4 Å². The van der Waals surface area contributed by atoms with Crippen LogP contribution in [0.15, 0.2) is 12.3 Å². The molecule has 3 heterocycles. The molecule has 0 amide bonds. The molecule has 3 rings (SSSR count). The lowest BCUT2D eigenvalue weighted by Gasteiger charge is -2.23. The molecule has 2 bridgehead atoms. The molecular formula is C12H21ClN4. The topological polar surface area (TPSA) is 33.1 Å². The summed E-state index contributed by atoms with van der Waals surface area (Å²) >= 11 is 0. The number of hydrogen-bond acceptors (Lipinski definition) is 3. The summed E-state index contributed by atoms with van der Waals surface area (Å²) in [5.74, 6) is 0. The molecule has 5 heteroatoms. The quantitative estimate of drug-likeness (QED) is 0.862. The second-order valence-electron chi connectivity index (χ2n) is 5.11. The Morgan fingerprint density at radius 1 is 1.35 bits per heavy atom. The summed E-state index contributed by atoms with van der Waals surface area (Å²) in [5.41, 5.74) is 1.32. The van der Waals surface area contributed by atoms with Gasteiger partial charge in [0.1, 0.15) is 0 Å². The van der Waals surface area contributed by atoms with Crippen LogP contribution in [-0.4, -0.2) is 39.9 Å². The summed E-state index contributed by atoms with van der Waals surface area (Å²) in [6.45, 7) is 3.46. The van der Waals surface area contributed by atoms with Crippen LogP contribution in [0.5, 0.6) is 0 Å². The monoisotopic (exact) mass is 256 g/mol. The lowest BCUT2D eigenvalue weighted by molar-refractivity contribution is 0.245. The van der Waals surface area contributed by atoms with Crippen LogP contribution in [0.1, 0.15) is 25.0 Å². The Kier molecular flexibility index (Phi) is 4.07. The average molecular weight is 257 g/mol. The van der Waals surface area contributed by atoms with E-state index in [2.05, 4.69) is 21.4 Å². The predicted molar refractivity (Wildman–Crippen MR) is 70.3 cm³/mol. The Morgan fingerprint density at radius 3 is 2.94 bits per heavy atom. The van der Waals surface area contributed by atoms with E-state index in [-0.39, 0.29) is 12.4 Å². The smallest absolute Gasteiger partial charge is 0.0521 e. The van der Waals surface area contributed by atoms with Crippen LogP contribution in [0.4, 0.5) is 0 Å². The molecule has 2 aliphatic heterocycles. The van der Waals surface area contributed by atoms with Crippen molar-refractivity contribution in [2.24, 2.45) is 7.05 Å². The van der Waals surface area contributed by atoms with Crippen LogP contribution < -0.4 is 5.32 Å². The minimum Gasteiger partial charge on any atom is -0.310 e. The largest absolute Gasteiger partial charge is 0.310 e. The van der Waals surface area contributed by atoms with Gasteiger partial charge in [0.05, 0.1) is 5.69 Å². The first kappa shape index (κ1) is 12.9. The van der Waals surface area contributed by atoms with Crippen molar-refractivity contribution in [2.45, 2.75) is 37.9 Å². The first-order valence-electron chi connectivity index (χ1n) is 6.26. The Morgan fingerprint density at radius 2 is 2.18 bits per heavy atom. The van der Waals surface area contributed by atoms with Gasteiger partial charge >= 0.3 is 0 Å². The summed E-state index contributed by atoms with van der Waals surface area (Å²) in [4.78, 5) is 2.56. The van der Waals surface area contributed by atoms with Gasteiger partial charge in [-0.1, -0.05) is 0 Å². The Labute approximate surface area is 109 Å². The van der Waals surface area contributed by atoms with E-state index in [9.17, 15) is 0 Å². The SMILES string of the molecule is Cl.Cn1nccc1CN1CCC2CCC(C1)N2. The van der Waals surface area contributed by atoms with Crippen molar-refractivity contribution in [3.05, 3.63) is 18.0 Å². The zero-order valence-electron chi connectivity index (χ0n) is 10.3. The van der Waals surface area contributed by atoms with Crippen LogP contribution in [0.2, 0.25) is 0 Å². The van der Waals surface area contributed by atoms with Gasteiger partial charge < -0.3 is 5.32 Å². The maximum Gasteiger partial charge on any atom is 0.0521 e. The van der Waals surface area contributed by atoms with Crippen LogP contribution >= 0.6 is 12.4 Å². The van der Waals surface area contributed by atoms with Crippen LogP contribution in [0, 0.1) is 0 Å². The molecule has 2 unspecified atom stereocenters. The van der Waals surface area contributed by atoms with E-state index < -0.39 is 0 Å². The lowest BCUT2D eigenvalue weighted by Crippen LogP contribution is -2.35. The molecule has 0 saturated carbocycles. The molecule has 2 aliphatic rings. The van der Waals surface area contributed by atoms with Crippen LogP contribution in [-0.2, 0) is 13.6 Å². The summed E-state index contributed by atoms with van der Waals surface area (Å²) in [6.07, 6.45) is 5.92. The fourth-order valence-electron chi connectivity index (χ4n) is 2.94. The van der Waals surface area contributed by atoms with Gasteiger partial charge in [-0.2, -0.15) is 5.10 Å². The number of aryl methyl sites for hydroxylation is 1. The average Bonchev–Trinajstić information content (AvgIpc) is 2.78. The van der Waals surface area contributed by atoms with Crippen molar-refractivity contribution in [3.8, 4) is 0 Å². The molecule has 1 aromatic heterocycles. The summed E-state index contributed by atoms with van der Waals surface area (Å²) in [6, 6.07) is 3.62. The fraction of sp³-hybridized carbons (Fsp3) is 0.750. The molecule has 2 saturated heterocycles. The number of likely N-dealkylation sites (tertiary alicyclic amines) is 1. The second kappa shape index (κ2) is 5.38. The van der Waals surface area contributed by atoms with Gasteiger partial charge in [0, 0.05) is 45.0 Å². The van der Waals surface area contributed by atoms with Crippen molar-refractivity contribution in [2.75, 3.05) is 13.1 Å². The number of rotatable bonds is 2. The number of nitrogens with zero attached hydrogens (tertiary/aromatic N) is 3. The first-order valence-corrected chi connectivity index (χ1v) is 6.26. The number of nitrogens with one attached hydrogen (secondary N) is 1. The molecule has 96 valence electrons. The minimum atomic E-state index is 0. The second-order valence-corrected chi connectivity index (χ2v) is 5.11. The molecular weight excluding hydrogens is 236 g/mol. The van der Waals surface area contributed by atoms with Crippen molar-refractivity contribution >= 4 is 12.4 Å². The lowest BCUT2D eigenvalue weighted by atomic mass is 10.1. The molecule has 1 aromatic rings. The van der Waals surface area contributed by atoms with E-state index in [1.54, 1.807) is 0 Å². The maximum atomic E-state index is 4.23. The summed E-state index contributed by atoms with van der Waals surface area (Å²) < 4.78 is 1.98. The number of halogens is 1.